The Morgan fingerprint density at radius 3 is 2.47 bits per heavy atom. The molecule has 0 aliphatic carbocycles. The molecule has 1 aromatic rings. The van der Waals surface area contributed by atoms with Crippen molar-refractivity contribution in [3.8, 4) is 0 Å². The van der Waals surface area contributed by atoms with Crippen LogP contribution in [0.4, 0.5) is 19.0 Å². The molecule has 172 valence electrons. The Labute approximate surface area is 192 Å². The molecule has 1 aliphatic rings. The van der Waals surface area contributed by atoms with Crippen molar-refractivity contribution in [2.75, 3.05) is 38.5 Å². The van der Waals surface area contributed by atoms with Crippen molar-refractivity contribution in [2.45, 2.75) is 37.2 Å². The van der Waals surface area contributed by atoms with Crippen LogP contribution < -0.4 is 16.0 Å². The Morgan fingerprint density at radius 1 is 1.23 bits per heavy atom. The van der Waals surface area contributed by atoms with E-state index in [4.69, 9.17) is 0 Å². The van der Waals surface area contributed by atoms with Crippen LogP contribution in [0.3, 0.4) is 0 Å². The van der Waals surface area contributed by atoms with Gasteiger partial charge in [0.25, 0.3) is 0 Å². The molecule has 1 fully saturated rings. The minimum Gasteiger partial charge on any atom is -0.370 e. The molecule has 2 heterocycles. The van der Waals surface area contributed by atoms with E-state index in [1.807, 2.05) is 18.2 Å². The number of anilines is 1. The summed E-state index contributed by atoms with van der Waals surface area (Å²) >= 11 is 0. The number of guanidine groups is 1. The van der Waals surface area contributed by atoms with Crippen LogP contribution in [0.2, 0.25) is 0 Å². The lowest BCUT2D eigenvalue weighted by atomic mass is 10.1. The fourth-order valence-electron chi connectivity index (χ4n) is 2.92. The summed E-state index contributed by atoms with van der Waals surface area (Å²) in [4.78, 5) is 8.29. The fraction of sp³-hybridized carbons (Fsp3) is 0.647. The number of pyridine rings is 1. The quantitative estimate of drug-likeness (QED) is 0.194. The average molecular weight is 564 g/mol. The lowest BCUT2D eigenvalue weighted by Crippen LogP contribution is -2.51. The van der Waals surface area contributed by atoms with Gasteiger partial charge in [-0.05, 0) is 37.8 Å². The molecule has 1 saturated heterocycles. The average Bonchev–Trinajstić information content (AvgIpc) is 2.70. The standard InChI is InChI=1S/C17H27F3N6O2S.HI/c1-21-16(24-11-5-4-10-23-15-6-2-3-9-22-15)25-14-7-12-26(13-8-14)29(27,28)17(18,19)20;/h2-3,6,9,14H,4-5,7-8,10-13H2,1H3,(H,22,23)(H2,21,24,25);1H. The Bertz CT molecular complexity index is 757. The van der Waals surface area contributed by atoms with Crippen molar-refractivity contribution in [3.63, 3.8) is 0 Å². The molecular formula is C17H28F3IN6O2S. The van der Waals surface area contributed by atoms with E-state index in [1.54, 1.807) is 13.2 Å². The molecule has 3 N–H and O–H groups in total. The van der Waals surface area contributed by atoms with Crippen LogP contribution in [0.15, 0.2) is 29.4 Å². The zero-order chi connectivity index (χ0) is 21.3. The van der Waals surface area contributed by atoms with Crippen LogP contribution in [0.5, 0.6) is 0 Å². The summed E-state index contributed by atoms with van der Waals surface area (Å²) in [7, 11) is -3.64. The van der Waals surface area contributed by atoms with Gasteiger partial charge in [0.05, 0.1) is 0 Å². The van der Waals surface area contributed by atoms with Gasteiger partial charge in [0.15, 0.2) is 5.96 Å². The van der Waals surface area contributed by atoms with E-state index in [2.05, 4.69) is 25.9 Å². The van der Waals surface area contributed by atoms with E-state index in [1.165, 1.54) is 0 Å². The predicted octanol–water partition coefficient (Wildman–Crippen LogP) is 2.37. The van der Waals surface area contributed by atoms with Gasteiger partial charge < -0.3 is 16.0 Å². The molecule has 1 aromatic heterocycles. The number of aromatic nitrogens is 1. The molecule has 8 nitrogen and oxygen atoms in total. The maximum absolute atomic E-state index is 12.6. The van der Waals surface area contributed by atoms with Gasteiger partial charge >= 0.3 is 15.5 Å². The van der Waals surface area contributed by atoms with Gasteiger partial charge in [0.2, 0.25) is 0 Å². The van der Waals surface area contributed by atoms with E-state index in [0.717, 1.165) is 25.2 Å². The van der Waals surface area contributed by atoms with Gasteiger partial charge in [-0.25, -0.2) is 13.4 Å². The van der Waals surface area contributed by atoms with Crippen LogP contribution in [-0.2, 0) is 10.0 Å². The normalized spacial score (nSPS) is 16.6. The third kappa shape index (κ3) is 8.06. The van der Waals surface area contributed by atoms with E-state index >= 15 is 0 Å². The van der Waals surface area contributed by atoms with Gasteiger partial charge in [-0.2, -0.15) is 17.5 Å². The van der Waals surface area contributed by atoms with E-state index in [-0.39, 0.29) is 55.9 Å². The molecule has 0 amide bonds. The van der Waals surface area contributed by atoms with E-state index in [9.17, 15) is 21.6 Å². The van der Waals surface area contributed by atoms with Crippen molar-refractivity contribution in [1.29, 1.82) is 0 Å². The molecular weight excluding hydrogens is 536 g/mol. The minimum atomic E-state index is -5.25. The number of halogens is 4. The van der Waals surface area contributed by atoms with Crippen LogP contribution >= 0.6 is 24.0 Å². The number of aliphatic imine (C=N–C) groups is 1. The first-order valence-electron chi connectivity index (χ1n) is 9.42. The number of nitrogens with zero attached hydrogens (tertiary/aromatic N) is 3. The molecule has 0 saturated carbocycles. The molecule has 0 unspecified atom stereocenters. The zero-order valence-electron chi connectivity index (χ0n) is 16.7. The summed E-state index contributed by atoms with van der Waals surface area (Å²) in [6, 6.07) is 5.53. The second kappa shape index (κ2) is 12.5. The molecule has 0 atom stereocenters. The second-order valence-electron chi connectivity index (χ2n) is 6.62. The van der Waals surface area contributed by atoms with Crippen molar-refractivity contribution in [2.24, 2.45) is 4.99 Å². The predicted molar refractivity (Wildman–Crippen MR) is 121 cm³/mol. The maximum Gasteiger partial charge on any atom is 0.511 e. The summed E-state index contributed by atoms with van der Waals surface area (Å²) in [5.74, 6) is 1.39. The van der Waals surface area contributed by atoms with Gasteiger partial charge in [-0.1, -0.05) is 6.07 Å². The molecule has 30 heavy (non-hydrogen) atoms. The highest BCUT2D eigenvalue weighted by atomic mass is 127. The SMILES string of the molecule is CN=C(NCCCCNc1ccccn1)NC1CCN(S(=O)(=O)C(F)(F)F)CC1.I. The number of rotatable bonds is 8. The Hall–Kier alpha value is -1.35. The number of hydrogen-bond acceptors (Lipinski definition) is 5. The van der Waals surface area contributed by atoms with Gasteiger partial charge in [-0.15, -0.1) is 24.0 Å². The number of nitrogens with one attached hydrogen (secondary N) is 3. The van der Waals surface area contributed by atoms with E-state index < -0.39 is 15.5 Å². The monoisotopic (exact) mass is 564 g/mol. The van der Waals surface area contributed by atoms with Gasteiger partial charge in [-0.3, -0.25) is 4.99 Å². The summed E-state index contributed by atoms with van der Waals surface area (Å²) in [5.41, 5.74) is -5.25. The summed E-state index contributed by atoms with van der Waals surface area (Å²) in [6.45, 7) is 1.13. The van der Waals surface area contributed by atoms with Gasteiger partial charge in [0.1, 0.15) is 5.82 Å². The Balaban J connectivity index is 0.00000450. The lowest BCUT2D eigenvalue weighted by Gasteiger charge is -2.32. The fourth-order valence-corrected chi connectivity index (χ4v) is 3.90. The van der Waals surface area contributed by atoms with Gasteiger partial charge in [0, 0.05) is 45.5 Å². The molecule has 0 bridgehead atoms. The Kier molecular flexibility index (Phi) is 11.1. The molecule has 1 aliphatic heterocycles. The van der Waals surface area contributed by atoms with Crippen molar-refractivity contribution < 1.29 is 21.6 Å². The third-order valence-corrected chi connectivity index (χ3v) is 6.15. The second-order valence-corrected chi connectivity index (χ2v) is 8.55. The molecule has 0 spiro atoms. The largest absolute Gasteiger partial charge is 0.511 e. The first-order chi connectivity index (χ1) is 13.7. The van der Waals surface area contributed by atoms with Crippen LogP contribution in [-0.4, -0.2) is 68.4 Å². The van der Waals surface area contributed by atoms with Crippen LogP contribution in [0.25, 0.3) is 0 Å². The number of sulfonamides is 1. The Morgan fingerprint density at radius 2 is 1.90 bits per heavy atom. The lowest BCUT2D eigenvalue weighted by molar-refractivity contribution is -0.0494. The first kappa shape index (κ1) is 26.7. The van der Waals surface area contributed by atoms with Crippen molar-refractivity contribution in [3.05, 3.63) is 24.4 Å². The molecule has 0 aromatic carbocycles. The first-order valence-corrected chi connectivity index (χ1v) is 10.9. The minimum absolute atomic E-state index is 0. The smallest absolute Gasteiger partial charge is 0.370 e. The van der Waals surface area contributed by atoms with Crippen molar-refractivity contribution in [1.82, 2.24) is 19.9 Å². The number of hydrogen-bond donors (Lipinski definition) is 3. The van der Waals surface area contributed by atoms with Crippen LogP contribution in [0.1, 0.15) is 25.7 Å². The highest BCUT2D eigenvalue weighted by Gasteiger charge is 2.50. The third-order valence-electron chi connectivity index (χ3n) is 4.52. The number of alkyl halides is 3. The number of piperidine rings is 1. The summed E-state index contributed by atoms with van der Waals surface area (Å²) in [6.07, 6.45) is 4.10. The molecule has 2 rings (SSSR count). The van der Waals surface area contributed by atoms with Crippen LogP contribution in [0, 0.1) is 0 Å². The highest BCUT2D eigenvalue weighted by molar-refractivity contribution is 14.0. The zero-order valence-corrected chi connectivity index (χ0v) is 19.8. The van der Waals surface area contributed by atoms with Crippen molar-refractivity contribution >= 4 is 45.8 Å². The number of unbranched alkanes of at least 4 members (excludes halogenated alkanes) is 1. The molecule has 0 radical (unpaired) electrons. The summed E-state index contributed by atoms with van der Waals surface area (Å²) < 4.78 is 61.3. The highest BCUT2D eigenvalue weighted by Crippen LogP contribution is 2.28. The maximum atomic E-state index is 12.6. The topological polar surface area (TPSA) is 98.7 Å². The van der Waals surface area contributed by atoms with E-state index in [0.29, 0.717) is 16.8 Å². The summed E-state index contributed by atoms with van der Waals surface area (Å²) in [5, 5.41) is 9.53. The molecule has 13 heteroatoms.